The molecule has 1 saturated heterocycles. The van der Waals surface area contributed by atoms with Gasteiger partial charge in [0.25, 0.3) is 0 Å². The molecular weight excluding hydrogens is 248 g/mol. The van der Waals surface area contributed by atoms with Crippen molar-refractivity contribution in [1.29, 1.82) is 0 Å². The van der Waals surface area contributed by atoms with Crippen LogP contribution in [0.5, 0.6) is 0 Å². The molecule has 0 radical (unpaired) electrons. The first kappa shape index (κ1) is 15.4. The maximum Gasteiger partial charge on any atom is 0.191 e. The van der Waals surface area contributed by atoms with Gasteiger partial charge in [0.1, 0.15) is 0 Å². The van der Waals surface area contributed by atoms with Crippen LogP contribution in [-0.2, 0) is 0 Å². The molecule has 0 saturated carbocycles. The first-order valence-electron chi connectivity index (χ1n) is 8.23. The SMILES string of the molecule is CN=C(NCCCN1CCCCCC1)NC1CC=CC1. The predicted octanol–water partition coefficient (Wildman–Crippen LogP) is 2.14. The molecule has 0 aromatic heterocycles. The summed E-state index contributed by atoms with van der Waals surface area (Å²) in [6.07, 6.45) is 13.5. The number of nitrogens with one attached hydrogen (secondary N) is 2. The fourth-order valence-corrected chi connectivity index (χ4v) is 2.99. The largest absolute Gasteiger partial charge is 0.356 e. The number of hydrogen-bond donors (Lipinski definition) is 2. The number of guanidine groups is 1. The molecule has 0 bridgehead atoms. The Balaban J connectivity index is 1.56. The fraction of sp³-hybridized carbons (Fsp3) is 0.812. The van der Waals surface area contributed by atoms with E-state index in [0.29, 0.717) is 6.04 Å². The maximum atomic E-state index is 4.30. The number of rotatable bonds is 5. The Morgan fingerprint density at radius 2 is 1.85 bits per heavy atom. The molecule has 20 heavy (non-hydrogen) atoms. The van der Waals surface area contributed by atoms with E-state index in [1.54, 1.807) is 0 Å². The summed E-state index contributed by atoms with van der Waals surface area (Å²) in [5.74, 6) is 0.953. The summed E-state index contributed by atoms with van der Waals surface area (Å²) in [7, 11) is 1.85. The van der Waals surface area contributed by atoms with E-state index < -0.39 is 0 Å². The summed E-state index contributed by atoms with van der Waals surface area (Å²) < 4.78 is 0. The third-order valence-corrected chi connectivity index (χ3v) is 4.21. The van der Waals surface area contributed by atoms with Gasteiger partial charge in [-0.15, -0.1) is 0 Å². The molecule has 0 atom stereocenters. The van der Waals surface area contributed by atoms with Gasteiger partial charge in [-0.3, -0.25) is 4.99 Å². The van der Waals surface area contributed by atoms with Crippen molar-refractivity contribution in [1.82, 2.24) is 15.5 Å². The van der Waals surface area contributed by atoms with Gasteiger partial charge in [0, 0.05) is 19.6 Å². The van der Waals surface area contributed by atoms with Gasteiger partial charge in [0.2, 0.25) is 0 Å². The van der Waals surface area contributed by atoms with Crippen LogP contribution in [0.4, 0.5) is 0 Å². The highest BCUT2D eigenvalue weighted by Crippen LogP contribution is 2.10. The van der Waals surface area contributed by atoms with Crippen LogP contribution < -0.4 is 10.6 Å². The summed E-state index contributed by atoms with van der Waals surface area (Å²) in [6.45, 7) is 4.81. The summed E-state index contributed by atoms with van der Waals surface area (Å²) in [6, 6.07) is 0.534. The van der Waals surface area contributed by atoms with Crippen molar-refractivity contribution in [2.75, 3.05) is 33.2 Å². The first-order valence-corrected chi connectivity index (χ1v) is 8.23. The van der Waals surface area contributed by atoms with E-state index in [0.717, 1.165) is 25.3 Å². The Labute approximate surface area is 123 Å². The van der Waals surface area contributed by atoms with Gasteiger partial charge in [0.15, 0.2) is 5.96 Å². The number of nitrogens with zero attached hydrogens (tertiary/aromatic N) is 2. The summed E-state index contributed by atoms with van der Waals surface area (Å²) in [4.78, 5) is 6.92. The van der Waals surface area contributed by atoms with E-state index in [-0.39, 0.29) is 0 Å². The minimum absolute atomic E-state index is 0.534. The van der Waals surface area contributed by atoms with E-state index in [1.165, 1.54) is 51.7 Å². The average molecular weight is 278 g/mol. The molecule has 4 nitrogen and oxygen atoms in total. The van der Waals surface area contributed by atoms with Crippen LogP contribution >= 0.6 is 0 Å². The minimum atomic E-state index is 0.534. The highest BCUT2D eigenvalue weighted by Gasteiger charge is 2.11. The van der Waals surface area contributed by atoms with Crippen molar-refractivity contribution in [3.63, 3.8) is 0 Å². The van der Waals surface area contributed by atoms with E-state index in [2.05, 4.69) is 32.7 Å². The van der Waals surface area contributed by atoms with Crippen molar-refractivity contribution < 1.29 is 0 Å². The molecule has 0 aromatic rings. The lowest BCUT2D eigenvalue weighted by atomic mass is 10.2. The Bertz CT molecular complexity index is 308. The molecule has 0 amide bonds. The van der Waals surface area contributed by atoms with E-state index >= 15 is 0 Å². The second-order valence-electron chi connectivity index (χ2n) is 5.89. The standard InChI is InChI=1S/C16H30N4/c1-17-16(19-15-9-4-5-10-15)18-11-8-14-20-12-6-2-3-7-13-20/h4-5,15H,2-3,6-14H2,1H3,(H2,17,18,19). The highest BCUT2D eigenvalue weighted by molar-refractivity contribution is 5.80. The van der Waals surface area contributed by atoms with Crippen molar-refractivity contribution in [3.05, 3.63) is 12.2 Å². The van der Waals surface area contributed by atoms with Crippen LogP contribution in [0, 0.1) is 0 Å². The Hall–Kier alpha value is -1.03. The highest BCUT2D eigenvalue weighted by atomic mass is 15.2. The van der Waals surface area contributed by atoms with Crippen molar-refractivity contribution >= 4 is 5.96 Å². The molecular formula is C16H30N4. The molecule has 1 heterocycles. The van der Waals surface area contributed by atoms with Crippen LogP contribution in [0.25, 0.3) is 0 Å². The zero-order valence-electron chi connectivity index (χ0n) is 12.9. The van der Waals surface area contributed by atoms with Gasteiger partial charge < -0.3 is 15.5 Å². The Morgan fingerprint density at radius 1 is 1.15 bits per heavy atom. The van der Waals surface area contributed by atoms with Crippen LogP contribution in [0.2, 0.25) is 0 Å². The molecule has 2 rings (SSSR count). The molecule has 114 valence electrons. The normalized spacial score (nSPS) is 21.9. The molecule has 4 heteroatoms. The van der Waals surface area contributed by atoms with E-state index in [4.69, 9.17) is 0 Å². The first-order chi connectivity index (χ1) is 9.88. The van der Waals surface area contributed by atoms with Crippen LogP contribution in [0.3, 0.4) is 0 Å². The topological polar surface area (TPSA) is 39.7 Å². The number of hydrogen-bond acceptors (Lipinski definition) is 2. The molecule has 1 aliphatic carbocycles. The molecule has 1 fully saturated rings. The summed E-state index contributed by atoms with van der Waals surface area (Å²) in [5.41, 5.74) is 0. The van der Waals surface area contributed by atoms with Crippen LogP contribution in [-0.4, -0.2) is 50.1 Å². The Kier molecular flexibility index (Phi) is 6.92. The Morgan fingerprint density at radius 3 is 2.50 bits per heavy atom. The smallest absolute Gasteiger partial charge is 0.191 e. The maximum absolute atomic E-state index is 4.30. The van der Waals surface area contributed by atoms with Gasteiger partial charge in [-0.05, 0) is 51.7 Å². The van der Waals surface area contributed by atoms with Crippen molar-refractivity contribution in [3.8, 4) is 0 Å². The molecule has 1 aliphatic heterocycles. The van der Waals surface area contributed by atoms with Gasteiger partial charge in [0.05, 0.1) is 0 Å². The molecule has 2 N–H and O–H groups in total. The monoisotopic (exact) mass is 278 g/mol. The van der Waals surface area contributed by atoms with Gasteiger partial charge in [-0.2, -0.15) is 0 Å². The molecule has 0 aromatic carbocycles. The van der Waals surface area contributed by atoms with Gasteiger partial charge in [-0.1, -0.05) is 25.0 Å². The lowest BCUT2D eigenvalue weighted by Crippen LogP contribution is -2.43. The lowest BCUT2D eigenvalue weighted by molar-refractivity contribution is 0.282. The minimum Gasteiger partial charge on any atom is -0.356 e. The molecule has 2 aliphatic rings. The van der Waals surface area contributed by atoms with Gasteiger partial charge >= 0.3 is 0 Å². The van der Waals surface area contributed by atoms with Crippen LogP contribution in [0.1, 0.15) is 44.9 Å². The summed E-state index contributed by atoms with van der Waals surface area (Å²) in [5, 5.41) is 6.91. The zero-order valence-corrected chi connectivity index (χ0v) is 12.9. The molecule has 0 spiro atoms. The average Bonchev–Trinajstić information content (AvgIpc) is 2.84. The third-order valence-electron chi connectivity index (χ3n) is 4.21. The second-order valence-corrected chi connectivity index (χ2v) is 5.89. The van der Waals surface area contributed by atoms with Gasteiger partial charge in [-0.25, -0.2) is 0 Å². The van der Waals surface area contributed by atoms with Crippen molar-refractivity contribution in [2.45, 2.75) is 51.0 Å². The van der Waals surface area contributed by atoms with E-state index in [9.17, 15) is 0 Å². The second kappa shape index (κ2) is 9.01. The molecule has 0 unspecified atom stereocenters. The van der Waals surface area contributed by atoms with E-state index in [1.807, 2.05) is 7.05 Å². The van der Waals surface area contributed by atoms with Crippen molar-refractivity contribution in [2.24, 2.45) is 4.99 Å². The quantitative estimate of drug-likeness (QED) is 0.350. The fourth-order valence-electron chi connectivity index (χ4n) is 2.99. The third kappa shape index (κ3) is 5.53. The predicted molar refractivity (Wildman–Crippen MR) is 86.2 cm³/mol. The summed E-state index contributed by atoms with van der Waals surface area (Å²) >= 11 is 0. The number of likely N-dealkylation sites (tertiary alicyclic amines) is 1. The lowest BCUT2D eigenvalue weighted by Gasteiger charge is -2.21. The van der Waals surface area contributed by atoms with Crippen LogP contribution in [0.15, 0.2) is 17.1 Å². The number of aliphatic imine (C=N–C) groups is 1. The zero-order chi connectivity index (χ0) is 14.0.